The van der Waals surface area contributed by atoms with Gasteiger partial charge in [0.05, 0.1) is 16.7 Å². The number of nitrogens with one attached hydrogen (secondary N) is 2. The average molecular weight is 487 g/mol. The third-order valence-corrected chi connectivity index (χ3v) is 6.92. The largest absolute Gasteiger partial charge is 0.480 e. The molecule has 0 bridgehead atoms. The Labute approximate surface area is 204 Å². The molecule has 1 atom stereocenters. The summed E-state index contributed by atoms with van der Waals surface area (Å²) in [5.74, 6) is 0.0212. The number of hydrogen-bond donors (Lipinski definition) is 3. The van der Waals surface area contributed by atoms with Gasteiger partial charge in [-0.3, -0.25) is 9.78 Å². The van der Waals surface area contributed by atoms with Crippen LogP contribution < -0.4 is 10.6 Å². The Bertz CT molecular complexity index is 1020. The molecular formula is C25H31ClN4O4. The van der Waals surface area contributed by atoms with Gasteiger partial charge in [-0.2, -0.15) is 0 Å². The average Bonchev–Trinajstić information content (AvgIpc) is 2.78. The zero-order valence-electron chi connectivity index (χ0n) is 19.3. The van der Waals surface area contributed by atoms with Crippen LogP contribution in [0.3, 0.4) is 0 Å². The van der Waals surface area contributed by atoms with Gasteiger partial charge in [0.25, 0.3) is 5.91 Å². The minimum atomic E-state index is -1.10. The molecule has 2 aromatic rings. The number of carbonyl (C=O) groups is 2. The third-order valence-electron chi connectivity index (χ3n) is 6.63. The molecule has 1 saturated carbocycles. The van der Waals surface area contributed by atoms with Crippen molar-refractivity contribution in [2.24, 2.45) is 5.92 Å². The first-order chi connectivity index (χ1) is 16.4. The van der Waals surface area contributed by atoms with Crippen LogP contribution in [-0.4, -0.2) is 52.2 Å². The van der Waals surface area contributed by atoms with E-state index in [1.807, 2.05) is 0 Å². The molecule has 0 aromatic carbocycles. The van der Waals surface area contributed by atoms with Crippen molar-refractivity contribution in [3.63, 3.8) is 0 Å². The summed E-state index contributed by atoms with van der Waals surface area (Å²) < 4.78 is 5.87. The Balaban J connectivity index is 1.17. The maximum absolute atomic E-state index is 12.5. The molecule has 3 heterocycles. The number of aryl methyl sites for hydroxylation is 3. The molecule has 3 N–H and O–H groups in total. The molecule has 2 aliphatic rings. The van der Waals surface area contributed by atoms with Gasteiger partial charge >= 0.3 is 5.97 Å². The van der Waals surface area contributed by atoms with E-state index in [1.165, 1.54) is 18.0 Å². The van der Waals surface area contributed by atoms with Crippen LogP contribution in [0.15, 0.2) is 24.5 Å². The fourth-order valence-electron chi connectivity index (χ4n) is 4.57. The predicted octanol–water partition coefficient (Wildman–Crippen LogP) is 3.80. The topological polar surface area (TPSA) is 113 Å². The summed E-state index contributed by atoms with van der Waals surface area (Å²) in [6.45, 7) is 2.97. The number of pyridine rings is 2. The molecule has 4 rings (SSSR count). The van der Waals surface area contributed by atoms with Gasteiger partial charge in [-0.25, -0.2) is 9.78 Å². The number of aliphatic carboxylic acids is 1. The lowest BCUT2D eigenvalue weighted by Crippen LogP contribution is -2.42. The maximum atomic E-state index is 12.5. The smallest absolute Gasteiger partial charge is 0.326 e. The van der Waals surface area contributed by atoms with Crippen molar-refractivity contribution in [1.29, 1.82) is 0 Å². The zero-order valence-corrected chi connectivity index (χ0v) is 20.1. The fourth-order valence-corrected chi connectivity index (χ4v) is 4.86. The highest BCUT2D eigenvalue weighted by atomic mass is 35.5. The van der Waals surface area contributed by atoms with E-state index in [9.17, 15) is 14.7 Å². The highest BCUT2D eigenvalue weighted by Crippen LogP contribution is 2.34. The number of fused-ring (bicyclic) bond motifs is 1. The lowest BCUT2D eigenvalue weighted by molar-refractivity contribution is -0.140. The van der Waals surface area contributed by atoms with Crippen molar-refractivity contribution >= 4 is 29.3 Å². The minimum absolute atomic E-state index is 0.144. The van der Waals surface area contributed by atoms with Crippen molar-refractivity contribution in [1.82, 2.24) is 15.3 Å². The van der Waals surface area contributed by atoms with Crippen LogP contribution in [0.1, 0.15) is 59.3 Å². The normalized spacial score (nSPS) is 19.9. The Kier molecular flexibility index (Phi) is 8.00. The quantitative estimate of drug-likeness (QED) is 0.468. The number of ether oxygens (including phenoxy) is 1. The molecule has 8 nitrogen and oxygen atoms in total. The molecule has 1 amide bonds. The Hall–Kier alpha value is -2.71. The van der Waals surface area contributed by atoms with Gasteiger partial charge in [-0.15, -0.1) is 0 Å². The van der Waals surface area contributed by atoms with E-state index in [1.54, 1.807) is 6.92 Å². The lowest BCUT2D eigenvalue weighted by Gasteiger charge is -2.35. The number of hydrogen-bond acceptors (Lipinski definition) is 6. The van der Waals surface area contributed by atoms with Crippen LogP contribution in [0, 0.1) is 12.8 Å². The van der Waals surface area contributed by atoms with Crippen LogP contribution in [0.4, 0.5) is 5.82 Å². The molecule has 1 fully saturated rings. The van der Waals surface area contributed by atoms with E-state index in [-0.39, 0.29) is 29.7 Å². The zero-order chi connectivity index (χ0) is 24.1. The van der Waals surface area contributed by atoms with Gasteiger partial charge in [-0.1, -0.05) is 17.7 Å². The summed E-state index contributed by atoms with van der Waals surface area (Å²) in [4.78, 5) is 32.9. The number of carboxylic acids is 1. The first-order valence-electron chi connectivity index (χ1n) is 11.9. The van der Waals surface area contributed by atoms with Crippen LogP contribution in [0.2, 0.25) is 5.02 Å². The van der Waals surface area contributed by atoms with Crippen LogP contribution in [0.25, 0.3) is 0 Å². The molecule has 0 unspecified atom stereocenters. The van der Waals surface area contributed by atoms with Crippen molar-refractivity contribution in [2.75, 3.05) is 18.5 Å². The first-order valence-corrected chi connectivity index (χ1v) is 12.3. The second-order valence-corrected chi connectivity index (χ2v) is 9.58. The molecule has 9 heteroatoms. The van der Waals surface area contributed by atoms with E-state index >= 15 is 0 Å². The number of halogens is 1. The molecule has 182 valence electrons. The summed E-state index contributed by atoms with van der Waals surface area (Å²) in [5.41, 5.74) is 3.27. The third kappa shape index (κ3) is 6.04. The SMILES string of the molecule is Cc1cncc(Cl)c1C(=O)N[C@@H](CCO[C@H]1C[C@@H](CCc2ccc3c(n2)NCCC3)C1)C(=O)O. The van der Waals surface area contributed by atoms with Gasteiger partial charge < -0.3 is 20.5 Å². The molecule has 1 aliphatic carbocycles. The van der Waals surface area contributed by atoms with E-state index in [0.717, 1.165) is 56.6 Å². The van der Waals surface area contributed by atoms with Gasteiger partial charge in [0, 0.05) is 37.7 Å². The summed E-state index contributed by atoms with van der Waals surface area (Å²) in [5, 5.41) is 15.6. The highest BCUT2D eigenvalue weighted by molar-refractivity contribution is 6.33. The number of rotatable bonds is 10. The number of anilines is 1. The van der Waals surface area contributed by atoms with Crippen LogP contribution >= 0.6 is 11.6 Å². The standard InChI is InChI=1S/C25H31ClN4O4/c1-15-13-27-14-20(26)22(15)24(31)30-21(25(32)33)8-10-34-19-11-16(12-19)4-6-18-7-5-17-3-2-9-28-23(17)29-18/h5,7,13-14,16,19,21H,2-4,6,8-12H2,1H3,(H,28,29)(H,30,31)(H,32,33)/t16-,19+,21-/m0/s1. The number of aromatic nitrogens is 2. The van der Waals surface area contributed by atoms with E-state index in [2.05, 4.69) is 27.8 Å². The van der Waals surface area contributed by atoms with Gasteiger partial charge in [0.15, 0.2) is 0 Å². The second kappa shape index (κ2) is 11.1. The Morgan fingerprint density at radius 1 is 1.32 bits per heavy atom. The minimum Gasteiger partial charge on any atom is -0.480 e. The molecule has 34 heavy (non-hydrogen) atoms. The molecule has 0 saturated heterocycles. The number of carbonyl (C=O) groups excluding carboxylic acids is 1. The summed E-state index contributed by atoms with van der Waals surface area (Å²) in [6, 6.07) is 3.29. The van der Waals surface area contributed by atoms with Gasteiger partial charge in [0.1, 0.15) is 11.9 Å². The number of nitrogens with zero attached hydrogens (tertiary/aromatic N) is 2. The van der Waals surface area contributed by atoms with Crippen molar-refractivity contribution in [2.45, 2.75) is 64.0 Å². The Morgan fingerprint density at radius 3 is 2.91 bits per heavy atom. The molecule has 0 radical (unpaired) electrons. The number of carboxylic acid groups (broad SMARTS) is 1. The summed E-state index contributed by atoms with van der Waals surface area (Å²) >= 11 is 6.07. The van der Waals surface area contributed by atoms with E-state index in [4.69, 9.17) is 21.3 Å². The number of amides is 1. The molecular weight excluding hydrogens is 456 g/mol. The maximum Gasteiger partial charge on any atom is 0.326 e. The van der Waals surface area contributed by atoms with Gasteiger partial charge in [-0.05, 0) is 68.6 Å². The molecule has 2 aromatic heterocycles. The predicted molar refractivity (Wildman–Crippen MR) is 129 cm³/mol. The summed E-state index contributed by atoms with van der Waals surface area (Å²) in [7, 11) is 0. The second-order valence-electron chi connectivity index (χ2n) is 9.18. The lowest BCUT2D eigenvalue weighted by atomic mass is 9.79. The van der Waals surface area contributed by atoms with Crippen LogP contribution in [-0.2, 0) is 22.4 Å². The van der Waals surface area contributed by atoms with E-state index in [0.29, 0.717) is 11.5 Å². The fraction of sp³-hybridized carbons (Fsp3) is 0.520. The van der Waals surface area contributed by atoms with Crippen LogP contribution in [0.5, 0.6) is 0 Å². The van der Waals surface area contributed by atoms with Crippen molar-refractivity contribution in [3.8, 4) is 0 Å². The summed E-state index contributed by atoms with van der Waals surface area (Å²) in [6.07, 6.45) is 9.46. The van der Waals surface area contributed by atoms with Crippen molar-refractivity contribution < 1.29 is 19.4 Å². The first kappa shape index (κ1) is 24.4. The van der Waals surface area contributed by atoms with Gasteiger partial charge in [0.2, 0.25) is 0 Å². The van der Waals surface area contributed by atoms with E-state index < -0.39 is 17.9 Å². The highest BCUT2D eigenvalue weighted by Gasteiger charge is 2.30. The molecule has 0 spiro atoms. The van der Waals surface area contributed by atoms with Crippen molar-refractivity contribution in [3.05, 3.63) is 51.9 Å². The monoisotopic (exact) mass is 486 g/mol. The molecule has 1 aliphatic heterocycles. The Morgan fingerprint density at radius 2 is 2.15 bits per heavy atom.